The van der Waals surface area contributed by atoms with Crippen LogP contribution in [0, 0.1) is 0 Å². The molecular formula is C17H13BrO4S. The first kappa shape index (κ1) is 15.8. The molecule has 6 heteroatoms. The van der Waals surface area contributed by atoms with E-state index in [0.717, 1.165) is 10.8 Å². The molecule has 0 aromatic heterocycles. The molecule has 0 spiro atoms. The molecule has 0 saturated heterocycles. The molecule has 0 unspecified atom stereocenters. The summed E-state index contributed by atoms with van der Waals surface area (Å²) in [6.45, 7) is 0. The van der Waals surface area contributed by atoms with Crippen molar-refractivity contribution >= 4 is 36.8 Å². The SMILES string of the molecule is COc1ccc(Br)cc1S(=O)(=O)Oc1ccc2ccccc2c1. The van der Waals surface area contributed by atoms with Crippen molar-refractivity contribution < 1.29 is 17.3 Å². The molecular weight excluding hydrogens is 380 g/mol. The summed E-state index contributed by atoms with van der Waals surface area (Å²) in [5.74, 6) is 0.486. The molecule has 0 atom stereocenters. The standard InChI is InChI=1S/C17H13BrO4S/c1-21-16-9-7-14(18)11-17(16)23(19,20)22-15-8-6-12-4-2-3-5-13(12)10-15/h2-11H,1H3. The highest BCUT2D eigenvalue weighted by Gasteiger charge is 2.22. The highest BCUT2D eigenvalue weighted by Crippen LogP contribution is 2.30. The van der Waals surface area contributed by atoms with Crippen LogP contribution in [0.1, 0.15) is 0 Å². The second kappa shape index (κ2) is 6.22. The van der Waals surface area contributed by atoms with Crippen LogP contribution in [0.15, 0.2) is 70.0 Å². The van der Waals surface area contributed by atoms with Crippen molar-refractivity contribution in [2.45, 2.75) is 4.90 Å². The Bertz CT molecular complexity index is 967. The molecule has 0 saturated carbocycles. The quantitative estimate of drug-likeness (QED) is 0.618. The van der Waals surface area contributed by atoms with Gasteiger partial charge in [-0.05, 0) is 41.1 Å². The molecule has 0 aliphatic heterocycles. The highest BCUT2D eigenvalue weighted by molar-refractivity contribution is 9.10. The minimum atomic E-state index is -4.00. The van der Waals surface area contributed by atoms with Gasteiger partial charge in [0.2, 0.25) is 0 Å². The molecule has 3 rings (SSSR count). The number of fused-ring (bicyclic) bond motifs is 1. The zero-order valence-electron chi connectivity index (χ0n) is 12.2. The summed E-state index contributed by atoms with van der Waals surface area (Å²) in [5.41, 5.74) is 0. The lowest BCUT2D eigenvalue weighted by molar-refractivity contribution is 0.398. The number of hydrogen-bond donors (Lipinski definition) is 0. The Morgan fingerprint density at radius 1 is 0.913 bits per heavy atom. The van der Waals surface area contributed by atoms with Gasteiger partial charge in [0.15, 0.2) is 0 Å². The summed E-state index contributed by atoms with van der Waals surface area (Å²) in [7, 11) is -2.59. The third-order valence-corrected chi connectivity index (χ3v) is 5.08. The van der Waals surface area contributed by atoms with Crippen molar-refractivity contribution in [3.63, 3.8) is 0 Å². The van der Waals surface area contributed by atoms with Crippen molar-refractivity contribution in [2.24, 2.45) is 0 Å². The molecule has 0 heterocycles. The Labute approximate surface area is 142 Å². The van der Waals surface area contributed by atoms with Gasteiger partial charge >= 0.3 is 10.1 Å². The summed E-state index contributed by atoms with van der Waals surface area (Å²) < 4.78 is 36.1. The number of hydrogen-bond acceptors (Lipinski definition) is 4. The van der Waals surface area contributed by atoms with E-state index >= 15 is 0 Å². The Morgan fingerprint density at radius 3 is 2.39 bits per heavy atom. The largest absolute Gasteiger partial charge is 0.495 e. The third kappa shape index (κ3) is 3.33. The van der Waals surface area contributed by atoms with Gasteiger partial charge in [0.05, 0.1) is 7.11 Å². The van der Waals surface area contributed by atoms with Crippen LogP contribution in [0.3, 0.4) is 0 Å². The second-order valence-electron chi connectivity index (χ2n) is 4.84. The lowest BCUT2D eigenvalue weighted by Crippen LogP contribution is -2.11. The van der Waals surface area contributed by atoms with Gasteiger partial charge in [-0.3, -0.25) is 0 Å². The zero-order valence-corrected chi connectivity index (χ0v) is 14.6. The minimum Gasteiger partial charge on any atom is -0.495 e. The molecule has 0 N–H and O–H groups in total. The van der Waals surface area contributed by atoms with E-state index in [1.54, 1.807) is 24.3 Å². The molecule has 23 heavy (non-hydrogen) atoms. The third-order valence-electron chi connectivity index (χ3n) is 3.32. The average Bonchev–Trinajstić information content (AvgIpc) is 2.54. The van der Waals surface area contributed by atoms with Crippen LogP contribution >= 0.6 is 15.9 Å². The molecule has 0 aliphatic carbocycles. The fourth-order valence-corrected chi connectivity index (χ4v) is 3.87. The average molecular weight is 393 g/mol. The fourth-order valence-electron chi connectivity index (χ4n) is 2.24. The zero-order chi connectivity index (χ0) is 16.4. The van der Waals surface area contributed by atoms with Crippen molar-refractivity contribution in [3.8, 4) is 11.5 Å². The van der Waals surface area contributed by atoms with Crippen LogP contribution in [0.2, 0.25) is 0 Å². The van der Waals surface area contributed by atoms with Crippen LogP contribution < -0.4 is 8.92 Å². The maximum atomic E-state index is 12.5. The molecule has 0 amide bonds. The Hall–Kier alpha value is -2.05. The van der Waals surface area contributed by atoms with Crippen molar-refractivity contribution in [3.05, 3.63) is 65.1 Å². The van der Waals surface area contributed by atoms with E-state index in [1.807, 2.05) is 30.3 Å². The lowest BCUT2D eigenvalue weighted by atomic mass is 10.1. The van der Waals surface area contributed by atoms with Gasteiger partial charge in [0.25, 0.3) is 0 Å². The van der Waals surface area contributed by atoms with Crippen LogP contribution in [-0.4, -0.2) is 15.5 Å². The van der Waals surface area contributed by atoms with Gasteiger partial charge in [-0.2, -0.15) is 8.42 Å². The van der Waals surface area contributed by atoms with Gasteiger partial charge < -0.3 is 8.92 Å². The first-order valence-electron chi connectivity index (χ1n) is 6.76. The van der Waals surface area contributed by atoms with Gasteiger partial charge in [-0.1, -0.05) is 46.3 Å². The minimum absolute atomic E-state index is 0.0254. The van der Waals surface area contributed by atoms with Crippen LogP contribution in [0.5, 0.6) is 11.5 Å². The summed E-state index contributed by atoms with van der Waals surface area (Å²) in [6.07, 6.45) is 0. The maximum Gasteiger partial charge on any atom is 0.342 e. The van der Waals surface area contributed by atoms with E-state index in [4.69, 9.17) is 8.92 Å². The number of halogens is 1. The maximum absolute atomic E-state index is 12.5. The van der Waals surface area contributed by atoms with Crippen LogP contribution in [0.4, 0.5) is 0 Å². The van der Waals surface area contributed by atoms with Gasteiger partial charge in [0, 0.05) is 4.47 Å². The molecule has 118 valence electrons. The summed E-state index contributed by atoms with van der Waals surface area (Å²) >= 11 is 3.26. The predicted molar refractivity (Wildman–Crippen MR) is 92.5 cm³/mol. The summed E-state index contributed by atoms with van der Waals surface area (Å²) in [4.78, 5) is -0.0254. The molecule has 3 aromatic rings. The van der Waals surface area contributed by atoms with E-state index in [0.29, 0.717) is 4.47 Å². The van der Waals surface area contributed by atoms with Crippen molar-refractivity contribution in [1.29, 1.82) is 0 Å². The summed E-state index contributed by atoms with van der Waals surface area (Å²) in [6, 6.07) is 17.5. The topological polar surface area (TPSA) is 52.6 Å². The van der Waals surface area contributed by atoms with Gasteiger partial charge in [0.1, 0.15) is 16.4 Å². The Balaban J connectivity index is 2.01. The number of ether oxygens (including phenoxy) is 1. The molecule has 0 radical (unpaired) electrons. The van der Waals surface area contributed by atoms with E-state index in [9.17, 15) is 8.42 Å². The van der Waals surface area contributed by atoms with Crippen molar-refractivity contribution in [1.82, 2.24) is 0 Å². The number of benzene rings is 3. The van der Waals surface area contributed by atoms with Crippen LogP contribution in [-0.2, 0) is 10.1 Å². The molecule has 3 aromatic carbocycles. The predicted octanol–water partition coefficient (Wildman–Crippen LogP) is 4.38. The van der Waals surface area contributed by atoms with E-state index < -0.39 is 10.1 Å². The monoisotopic (exact) mass is 392 g/mol. The molecule has 0 fully saturated rings. The first-order chi connectivity index (χ1) is 11.0. The highest BCUT2D eigenvalue weighted by atomic mass is 79.9. The van der Waals surface area contributed by atoms with Crippen LogP contribution in [0.25, 0.3) is 10.8 Å². The van der Waals surface area contributed by atoms with E-state index in [1.165, 1.54) is 13.2 Å². The Morgan fingerprint density at radius 2 is 1.65 bits per heavy atom. The first-order valence-corrected chi connectivity index (χ1v) is 8.96. The van der Waals surface area contributed by atoms with Gasteiger partial charge in [-0.25, -0.2) is 0 Å². The van der Waals surface area contributed by atoms with Crippen molar-refractivity contribution in [2.75, 3.05) is 7.11 Å². The summed E-state index contributed by atoms with van der Waals surface area (Å²) in [5, 5.41) is 1.92. The second-order valence-corrected chi connectivity index (χ2v) is 7.27. The van der Waals surface area contributed by atoms with E-state index in [-0.39, 0.29) is 16.4 Å². The molecule has 4 nitrogen and oxygen atoms in total. The Kier molecular flexibility index (Phi) is 4.28. The lowest BCUT2D eigenvalue weighted by Gasteiger charge is -2.11. The molecule has 0 bridgehead atoms. The molecule has 0 aliphatic rings. The number of rotatable bonds is 4. The smallest absolute Gasteiger partial charge is 0.342 e. The fraction of sp³-hybridized carbons (Fsp3) is 0.0588. The normalized spacial score (nSPS) is 11.4. The van der Waals surface area contributed by atoms with E-state index in [2.05, 4.69) is 15.9 Å². The van der Waals surface area contributed by atoms with Gasteiger partial charge in [-0.15, -0.1) is 0 Å². The number of methoxy groups -OCH3 is 1.